The molecule has 0 aliphatic carbocycles. The zero-order valence-corrected chi connectivity index (χ0v) is 11.6. The highest BCUT2D eigenvalue weighted by molar-refractivity contribution is 6.10. The van der Waals surface area contributed by atoms with Gasteiger partial charge in [-0.3, -0.25) is 9.59 Å². The van der Waals surface area contributed by atoms with Crippen molar-refractivity contribution in [2.45, 2.75) is 27.1 Å². The Balaban J connectivity index is 2.98. The smallest absolute Gasteiger partial charge is 0.178 e. The van der Waals surface area contributed by atoms with Crippen LogP contribution in [0.2, 0.25) is 0 Å². The Kier molecular flexibility index (Phi) is 6.39. The Bertz CT molecular complexity index is 407. The van der Waals surface area contributed by atoms with E-state index in [0.717, 1.165) is 0 Å². The number of rotatable bonds is 8. The molecule has 0 radical (unpaired) electrons. The summed E-state index contributed by atoms with van der Waals surface area (Å²) in [6.07, 6.45) is -0.819. The molecule has 0 spiro atoms. The molecule has 0 aromatic heterocycles. The van der Waals surface area contributed by atoms with E-state index in [4.69, 9.17) is 9.47 Å². The van der Waals surface area contributed by atoms with E-state index in [1.165, 1.54) is 6.92 Å². The van der Waals surface area contributed by atoms with E-state index in [9.17, 15) is 9.59 Å². The first-order valence-corrected chi connectivity index (χ1v) is 6.44. The van der Waals surface area contributed by atoms with Gasteiger partial charge in [-0.15, -0.1) is 0 Å². The van der Waals surface area contributed by atoms with Gasteiger partial charge < -0.3 is 9.47 Å². The molecule has 1 rings (SSSR count). The highest BCUT2D eigenvalue weighted by Crippen LogP contribution is 2.18. The Morgan fingerprint density at radius 2 is 1.58 bits per heavy atom. The lowest BCUT2D eigenvalue weighted by molar-refractivity contribution is -0.165. The quantitative estimate of drug-likeness (QED) is 0.411. The fourth-order valence-corrected chi connectivity index (χ4v) is 1.85. The lowest BCUT2D eigenvalue weighted by atomic mass is 9.93. The zero-order valence-electron chi connectivity index (χ0n) is 11.6. The Morgan fingerprint density at radius 3 is 2.00 bits per heavy atom. The molecule has 0 amide bonds. The minimum atomic E-state index is -0.915. The molecule has 19 heavy (non-hydrogen) atoms. The largest absolute Gasteiger partial charge is 0.352 e. The Labute approximate surface area is 113 Å². The molecular formula is C15H20O4. The van der Waals surface area contributed by atoms with Gasteiger partial charge in [0.1, 0.15) is 11.7 Å². The lowest BCUT2D eigenvalue weighted by Crippen LogP contribution is -2.38. The molecule has 4 nitrogen and oxygen atoms in total. The molecule has 1 unspecified atom stereocenters. The van der Waals surface area contributed by atoms with E-state index < -0.39 is 12.2 Å². The molecule has 1 aromatic rings. The predicted molar refractivity (Wildman–Crippen MR) is 72.0 cm³/mol. The van der Waals surface area contributed by atoms with Crippen LogP contribution in [0, 0.1) is 5.92 Å². The van der Waals surface area contributed by atoms with Gasteiger partial charge in [0.05, 0.1) is 0 Å². The summed E-state index contributed by atoms with van der Waals surface area (Å²) in [6, 6.07) is 8.73. The standard InChI is InChI=1S/C15H20O4/c1-4-18-15(19-5-2)13(11(3)16)14(17)12-9-7-6-8-10-12/h6-10,13,15H,4-5H2,1-3H3. The molecule has 104 valence electrons. The van der Waals surface area contributed by atoms with Gasteiger partial charge in [0.15, 0.2) is 12.1 Å². The number of hydrogen-bond acceptors (Lipinski definition) is 4. The summed E-state index contributed by atoms with van der Waals surface area (Å²) in [4.78, 5) is 24.2. The van der Waals surface area contributed by atoms with Crippen molar-refractivity contribution in [3.05, 3.63) is 35.9 Å². The van der Waals surface area contributed by atoms with Crippen molar-refractivity contribution in [3.63, 3.8) is 0 Å². The number of ether oxygens (including phenoxy) is 2. The van der Waals surface area contributed by atoms with Crippen LogP contribution in [0.5, 0.6) is 0 Å². The van der Waals surface area contributed by atoms with Crippen molar-refractivity contribution >= 4 is 11.6 Å². The summed E-state index contributed by atoms with van der Waals surface area (Å²) in [7, 11) is 0. The molecule has 0 aliphatic heterocycles. The summed E-state index contributed by atoms with van der Waals surface area (Å²) in [5.41, 5.74) is 0.493. The maximum absolute atomic E-state index is 12.4. The van der Waals surface area contributed by atoms with Crippen LogP contribution in [0.3, 0.4) is 0 Å². The van der Waals surface area contributed by atoms with Crippen molar-refractivity contribution in [3.8, 4) is 0 Å². The highest BCUT2D eigenvalue weighted by Gasteiger charge is 2.34. The summed E-state index contributed by atoms with van der Waals surface area (Å²) < 4.78 is 10.8. The minimum absolute atomic E-state index is 0.249. The monoisotopic (exact) mass is 264 g/mol. The zero-order chi connectivity index (χ0) is 14.3. The van der Waals surface area contributed by atoms with Gasteiger partial charge in [-0.25, -0.2) is 0 Å². The summed E-state index contributed by atoms with van der Waals surface area (Å²) in [6.45, 7) is 5.76. The van der Waals surface area contributed by atoms with Crippen LogP contribution in [-0.2, 0) is 14.3 Å². The van der Waals surface area contributed by atoms with Crippen LogP contribution < -0.4 is 0 Å². The van der Waals surface area contributed by atoms with Crippen LogP contribution in [0.25, 0.3) is 0 Å². The molecule has 0 N–H and O–H groups in total. The second-order valence-electron chi connectivity index (χ2n) is 4.10. The molecule has 0 saturated carbocycles. The second kappa shape index (κ2) is 7.81. The molecule has 0 fully saturated rings. The van der Waals surface area contributed by atoms with Gasteiger partial charge in [-0.05, 0) is 20.8 Å². The van der Waals surface area contributed by atoms with E-state index in [2.05, 4.69) is 0 Å². The SMILES string of the molecule is CCOC(OCC)C(C(C)=O)C(=O)c1ccccc1. The molecule has 0 bridgehead atoms. The second-order valence-corrected chi connectivity index (χ2v) is 4.10. The van der Waals surface area contributed by atoms with Crippen molar-refractivity contribution < 1.29 is 19.1 Å². The lowest BCUT2D eigenvalue weighted by Gasteiger charge is -2.23. The minimum Gasteiger partial charge on any atom is -0.352 e. The van der Waals surface area contributed by atoms with E-state index >= 15 is 0 Å². The average Bonchev–Trinajstić information content (AvgIpc) is 2.40. The fraction of sp³-hybridized carbons (Fsp3) is 0.467. The number of hydrogen-bond donors (Lipinski definition) is 0. The summed E-state index contributed by atoms with van der Waals surface area (Å²) in [5.74, 6) is -1.43. The highest BCUT2D eigenvalue weighted by atomic mass is 16.7. The molecule has 4 heteroatoms. The summed E-state index contributed by atoms with van der Waals surface area (Å²) in [5, 5.41) is 0. The molecule has 0 heterocycles. The van der Waals surface area contributed by atoms with E-state index in [0.29, 0.717) is 18.8 Å². The average molecular weight is 264 g/mol. The maximum atomic E-state index is 12.4. The van der Waals surface area contributed by atoms with Crippen LogP contribution in [0.15, 0.2) is 30.3 Å². The first kappa shape index (κ1) is 15.5. The van der Waals surface area contributed by atoms with Gasteiger partial charge in [0.25, 0.3) is 0 Å². The van der Waals surface area contributed by atoms with E-state index in [1.54, 1.807) is 38.1 Å². The molecule has 0 saturated heterocycles. The molecule has 1 atom stereocenters. The van der Waals surface area contributed by atoms with E-state index in [1.807, 2.05) is 6.07 Å². The summed E-state index contributed by atoms with van der Waals surface area (Å²) >= 11 is 0. The number of carbonyl (C=O) groups excluding carboxylic acids is 2. The molecule has 1 aromatic carbocycles. The van der Waals surface area contributed by atoms with Gasteiger partial charge >= 0.3 is 0 Å². The van der Waals surface area contributed by atoms with Gasteiger partial charge in [-0.2, -0.15) is 0 Å². The first-order chi connectivity index (χ1) is 9.11. The third-order valence-electron chi connectivity index (χ3n) is 2.71. The predicted octanol–water partition coefficient (Wildman–Crippen LogP) is 2.47. The maximum Gasteiger partial charge on any atom is 0.178 e. The number of ketones is 2. The molecular weight excluding hydrogens is 244 g/mol. The first-order valence-electron chi connectivity index (χ1n) is 6.44. The van der Waals surface area contributed by atoms with Gasteiger partial charge in [-0.1, -0.05) is 30.3 Å². The number of benzene rings is 1. The third-order valence-corrected chi connectivity index (χ3v) is 2.71. The van der Waals surface area contributed by atoms with Crippen LogP contribution in [-0.4, -0.2) is 31.1 Å². The number of Topliss-reactive ketones (excluding diaryl/α,β-unsaturated/α-hetero) is 2. The topological polar surface area (TPSA) is 52.6 Å². The van der Waals surface area contributed by atoms with Gasteiger partial charge in [0, 0.05) is 18.8 Å². The Morgan fingerprint density at radius 1 is 1.05 bits per heavy atom. The van der Waals surface area contributed by atoms with Crippen LogP contribution in [0.1, 0.15) is 31.1 Å². The third kappa shape index (κ3) is 4.26. The van der Waals surface area contributed by atoms with Crippen LogP contribution >= 0.6 is 0 Å². The molecule has 0 aliphatic rings. The van der Waals surface area contributed by atoms with Gasteiger partial charge in [0.2, 0.25) is 0 Å². The Hall–Kier alpha value is -1.52. The van der Waals surface area contributed by atoms with Crippen molar-refractivity contribution in [2.24, 2.45) is 5.92 Å². The fourth-order valence-electron chi connectivity index (χ4n) is 1.85. The van der Waals surface area contributed by atoms with Crippen LogP contribution in [0.4, 0.5) is 0 Å². The normalized spacial score (nSPS) is 12.4. The van der Waals surface area contributed by atoms with Crippen molar-refractivity contribution in [2.75, 3.05) is 13.2 Å². The number of carbonyl (C=O) groups is 2. The van der Waals surface area contributed by atoms with Crippen molar-refractivity contribution in [1.82, 2.24) is 0 Å². The van der Waals surface area contributed by atoms with Crippen molar-refractivity contribution in [1.29, 1.82) is 0 Å². The van der Waals surface area contributed by atoms with E-state index in [-0.39, 0.29) is 11.6 Å².